The van der Waals surface area contributed by atoms with Gasteiger partial charge < -0.3 is 4.90 Å². The van der Waals surface area contributed by atoms with Crippen LogP contribution in [0, 0.1) is 27.7 Å². The van der Waals surface area contributed by atoms with Crippen molar-refractivity contribution in [2.45, 2.75) is 27.7 Å². The highest BCUT2D eigenvalue weighted by Crippen LogP contribution is 2.38. The largest absolute Gasteiger partial charge is 0.310 e. The highest BCUT2D eigenvalue weighted by Gasteiger charge is 2.16. The molecule has 0 amide bonds. The number of hydrogen-bond acceptors (Lipinski definition) is 2. The molecule has 172 valence electrons. The third-order valence-corrected chi connectivity index (χ3v) is 6.35. The van der Waals surface area contributed by atoms with Crippen LogP contribution in [0.1, 0.15) is 22.3 Å². The summed E-state index contributed by atoms with van der Waals surface area (Å²) in [5.74, 6) is 0. The van der Waals surface area contributed by atoms with E-state index in [-0.39, 0.29) is 0 Å². The topological polar surface area (TPSA) is 16.1 Å². The van der Waals surface area contributed by atoms with Gasteiger partial charge in [-0.3, -0.25) is 0 Å². The van der Waals surface area contributed by atoms with Gasteiger partial charge >= 0.3 is 0 Å². The molecule has 4 aromatic carbocycles. The molecule has 0 aliphatic rings. The number of rotatable bonds is 5. The lowest BCUT2D eigenvalue weighted by molar-refractivity contribution is 1.24. The van der Waals surface area contributed by atoms with Crippen molar-refractivity contribution in [1.82, 2.24) is 4.98 Å². The molecule has 0 saturated carbocycles. The number of hydrogen-bond donors (Lipinski definition) is 0. The highest BCUT2D eigenvalue weighted by atomic mass is 15.1. The second-order valence-corrected chi connectivity index (χ2v) is 9.33. The highest BCUT2D eigenvalue weighted by molar-refractivity contribution is 5.82. The van der Waals surface area contributed by atoms with Gasteiger partial charge in [-0.25, -0.2) is 4.98 Å². The summed E-state index contributed by atoms with van der Waals surface area (Å²) in [4.78, 5) is 7.42. The average Bonchev–Trinajstić information content (AvgIpc) is 2.87. The monoisotopic (exact) mass is 454 g/mol. The third-order valence-electron chi connectivity index (χ3n) is 6.35. The summed E-state index contributed by atoms with van der Waals surface area (Å²) in [5, 5.41) is 0. The van der Waals surface area contributed by atoms with E-state index in [4.69, 9.17) is 4.98 Å². The van der Waals surface area contributed by atoms with Crippen molar-refractivity contribution in [2.24, 2.45) is 0 Å². The SMILES string of the molecule is Cc1ccc(-c2cc(N(c3ccc(C)cc3)c3ccc(C)cc3)cc(-c3ccc(C)cc3)n2)cc1. The lowest BCUT2D eigenvalue weighted by Gasteiger charge is -2.27. The predicted octanol–water partition coefficient (Wildman–Crippen LogP) is 9.12. The maximum Gasteiger partial charge on any atom is 0.0730 e. The van der Waals surface area contributed by atoms with Crippen molar-refractivity contribution in [3.05, 3.63) is 131 Å². The number of nitrogens with zero attached hydrogens (tertiary/aromatic N) is 2. The minimum Gasteiger partial charge on any atom is -0.310 e. The van der Waals surface area contributed by atoms with Gasteiger partial charge in [-0.15, -0.1) is 0 Å². The van der Waals surface area contributed by atoms with E-state index in [1.54, 1.807) is 0 Å². The van der Waals surface area contributed by atoms with E-state index in [1.165, 1.54) is 22.3 Å². The van der Waals surface area contributed by atoms with Gasteiger partial charge in [0.1, 0.15) is 0 Å². The molecule has 2 nitrogen and oxygen atoms in total. The number of anilines is 3. The molecule has 0 spiro atoms. The number of aromatic nitrogens is 1. The molecular formula is C33H30N2. The van der Waals surface area contributed by atoms with Crippen LogP contribution in [0.4, 0.5) is 17.1 Å². The van der Waals surface area contributed by atoms with Crippen LogP contribution in [0.15, 0.2) is 109 Å². The first-order valence-corrected chi connectivity index (χ1v) is 12.1. The van der Waals surface area contributed by atoms with Crippen LogP contribution >= 0.6 is 0 Å². The first-order valence-electron chi connectivity index (χ1n) is 12.1. The Kier molecular flexibility index (Phi) is 6.20. The lowest BCUT2D eigenvalue weighted by Crippen LogP contribution is -2.11. The van der Waals surface area contributed by atoms with Crippen LogP contribution in [-0.4, -0.2) is 4.98 Å². The normalized spacial score (nSPS) is 10.9. The van der Waals surface area contributed by atoms with E-state index >= 15 is 0 Å². The predicted molar refractivity (Wildman–Crippen MR) is 149 cm³/mol. The van der Waals surface area contributed by atoms with E-state index in [1.807, 2.05) is 0 Å². The second-order valence-electron chi connectivity index (χ2n) is 9.33. The first kappa shape index (κ1) is 22.6. The van der Waals surface area contributed by atoms with E-state index in [0.717, 1.165) is 39.6 Å². The smallest absolute Gasteiger partial charge is 0.0730 e. The molecule has 0 N–H and O–H groups in total. The zero-order valence-corrected chi connectivity index (χ0v) is 20.8. The fourth-order valence-electron chi connectivity index (χ4n) is 4.22. The summed E-state index contributed by atoms with van der Waals surface area (Å²) in [5.41, 5.74) is 12.4. The van der Waals surface area contributed by atoms with Gasteiger partial charge in [0.2, 0.25) is 0 Å². The molecule has 0 bridgehead atoms. The molecule has 0 atom stereocenters. The molecule has 1 aromatic heterocycles. The Balaban J connectivity index is 1.74. The fourth-order valence-corrected chi connectivity index (χ4v) is 4.22. The molecule has 35 heavy (non-hydrogen) atoms. The molecule has 5 rings (SSSR count). The molecule has 0 aliphatic carbocycles. The van der Waals surface area contributed by atoms with Gasteiger partial charge in [-0.05, 0) is 64.1 Å². The Morgan fingerprint density at radius 1 is 0.400 bits per heavy atom. The summed E-state index contributed by atoms with van der Waals surface area (Å²) in [6.07, 6.45) is 0. The van der Waals surface area contributed by atoms with E-state index in [2.05, 4.69) is 142 Å². The Bertz CT molecular complexity index is 1320. The van der Waals surface area contributed by atoms with E-state index < -0.39 is 0 Å². The Hall–Kier alpha value is -4.17. The summed E-state index contributed by atoms with van der Waals surface area (Å²) >= 11 is 0. The third kappa shape index (κ3) is 5.02. The summed E-state index contributed by atoms with van der Waals surface area (Å²) in [6.45, 7) is 8.47. The summed E-state index contributed by atoms with van der Waals surface area (Å²) in [6, 6.07) is 39.0. The maximum atomic E-state index is 5.10. The van der Waals surface area contributed by atoms with Crippen LogP contribution in [-0.2, 0) is 0 Å². The molecule has 0 radical (unpaired) electrons. The Morgan fingerprint density at radius 3 is 1.06 bits per heavy atom. The van der Waals surface area contributed by atoms with Gasteiger partial charge in [0, 0.05) is 22.5 Å². The van der Waals surface area contributed by atoms with Crippen LogP contribution in [0.2, 0.25) is 0 Å². The number of aryl methyl sites for hydroxylation is 4. The molecule has 0 aliphatic heterocycles. The number of pyridine rings is 1. The zero-order valence-electron chi connectivity index (χ0n) is 20.8. The maximum absolute atomic E-state index is 5.10. The minimum absolute atomic E-state index is 0.960. The first-order chi connectivity index (χ1) is 17.0. The van der Waals surface area contributed by atoms with Gasteiger partial charge in [0.25, 0.3) is 0 Å². The molecule has 5 aromatic rings. The standard InChI is InChI=1S/C33H30N2/c1-23-5-13-27(14-6-23)32-21-31(22-33(34-32)28-15-7-24(2)8-16-28)35(29-17-9-25(3)10-18-29)30-19-11-26(4)12-20-30/h5-22H,1-4H3. The van der Waals surface area contributed by atoms with Crippen LogP contribution < -0.4 is 4.90 Å². The van der Waals surface area contributed by atoms with Gasteiger partial charge in [0.05, 0.1) is 17.1 Å². The fraction of sp³-hybridized carbons (Fsp3) is 0.121. The van der Waals surface area contributed by atoms with Crippen molar-refractivity contribution in [3.63, 3.8) is 0 Å². The molecule has 1 heterocycles. The van der Waals surface area contributed by atoms with Crippen molar-refractivity contribution >= 4 is 17.1 Å². The Morgan fingerprint density at radius 2 is 0.714 bits per heavy atom. The van der Waals surface area contributed by atoms with Gasteiger partial charge in [-0.1, -0.05) is 95.1 Å². The van der Waals surface area contributed by atoms with Gasteiger partial charge in [-0.2, -0.15) is 0 Å². The second kappa shape index (κ2) is 9.60. The minimum atomic E-state index is 0.960. The molecule has 0 unspecified atom stereocenters. The zero-order chi connectivity index (χ0) is 24.4. The Labute approximate surface area is 208 Å². The summed E-state index contributed by atoms with van der Waals surface area (Å²) in [7, 11) is 0. The molecule has 0 fully saturated rings. The van der Waals surface area contributed by atoms with Crippen LogP contribution in [0.3, 0.4) is 0 Å². The quantitative estimate of drug-likeness (QED) is 0.263. The van der Waals surface area contributed by atoms with Crippen molar-refractivity contribution in [3.8, 4) is 22.5 Å². The van der Waals surface area contributed by atoms with Crippen molar-refractivity contribution < 1.29 is 0 Å². The van der Waals surface area contributed by atoms with E-state index in [0.29, 0.717) is 0 Å². The lowest BCUT2D eigenvalue weighted by atomic mass is 10.0. The molecule has 0 saturated heterocycles. The molecule has 2 heteroatoms. The van der Waals surface area contributed by atoms with Crippen molar-refractivity contribution in [2.75, 3.05) is 4.90 Å². The van der Waals surface area contributed by atoms with Crippen molar-refractivity contribution in [1.29, 1.82) is 0 Å². The molecular weight excluding hydrogens is 424 g/mol. The summed E-state index contributed by atoms with van der Waals surface area (Å²) < 4.78 is 0. The van der Waals surface area contributed by atoms with Crippen LogP contribution in [0.5, 0.6) is 0 Å². The number of benzene rings is 4. The van der Waals surface area contributed by atoms with Crippen LogP contribution in [0.25, 0.3) is 22.5 Å². The van der Waals surface area contributed by atoms with E-state index in [9.17, 15) is 0 Å². The van der Waals surface area contributed by atoms with Gasteiger partial charge in [0.15, 0.2) is 0 Å². The average molecular weight is 455 g/mol.